The molecule has 0 aliphatic carbocycles. The van der Waals surface area contributed by atoms with Gasteiger partial charge in [-0.2, -0.15) is 0 Å². The minimum absolute atomic E-state index is 0.0362. The number of hydrogen-bond donors (Lipinski definition) is 2. The van der Waals surface area contributed by atoms with Gasteiger partial charge in [0.25, 0.3) is 0 Å². The molecule has 0 aliphatic rings. The monoisotopic (exact) mass is 396 g/mol. The molecular formula is C17H18BrClN2S. The minimum Gasteiger partial charge on any atom is -0.332 e. The first kappa shape index (κ1) is 17.3. The molecule has 0 aromatic heterocycles. The van der Waals surface area contributed by atoms with E-state index in [1.165, 1.54) is 5.56 Å². The van der Waals surface area contributed by atoms with Crippen LogP contribution in [-0.2, 0) is 5.41 Å². The Morgan fingerprint density at radius 1 is 1.05 bits per heavy atom. The van der Waals surface area contributed by atoms with Crippen LogP contribution in [0.2, 0.25) is 5.02 Å². The number of benzene rings is 2. The van der Waals surface area contributed by atoms with E-state index in [-0.39, 0.29) is 5.41 Å². The molecule has 0 heterocycles. The molecule has 0 unspecified atom stereocenters. The van der Waals surface area contributed by atoms with Crippen LogP contribution in [0.25, 0.3) is 0 Å². The van der Waals surface area contributed by atoms with E-state index in [0.29, 0.717) is 10.1 Å². The van der Waals surface area contributed by atoms with E-state index in [0.717, 1.165) is 15.8 Å². The smallest absolute Gasteiger partial charge is 0.175 e. The van der Waals surface area contributed by atoms with Crippen LogP contribution in [0, 0.1) is 0 Å². The van der Waals surface area contributed by atoms with Gasteiger partial charge in [-0.25, -0.2) is 0 Å². The molecular weight excluding hydrogens is 380 g/mol. The second-order valence-corrected chi connectivity index (χ2v) is 7.73. The van der Waals surface area contributed by atoms with E-state index < -0.39 is 0 Å². The van der Waals surface area contributed by atoms with Gasteiger partial charge in [0.2, 0.25) is 0 Å². The molecule has 0 aliphatic heterocycles. The Kier molecular flexibility index (Phi) is 5.48. The summed E-state index contributed by atoms with van der Waals surface area (Å²) in [7, 11) is 0. The average molecular weight is 398 g/mol. The van der Waals surface area contributed by atoms with Crippen molar-refractivity contribution in [3.63, 3.8) is 0 Å². The highest BCUT2D eigenvalue weighted by Crippen LogP contribution is 2.30. The lowest BCUT2D eigenvalue weighted by molar-refractivity contribution is 0.592. The van der Waals surface area contributed by atoms with E-state index in [4.69, 9.17) is 23.8 Å². The highest BCUT2D eigenvalue weighted by molar-refractivity contribution is 9.10. The highest BCUT2D eigenvalue weighted by Gasteiger charge is 2.17. The first-order valence-corrected chi connectivity index (χ1v) is 8.48. The summed E-state index contributed by atoms with van der Waals surface area (Å²) in [6, 6.07) is 13.8. The number of rotatable bonds is 2. The van der Waals surface area contributed by atoms with Gasteiger partial charge in [0.15, 0.2) is 5.11 Å². The topological polar surface area (TPSA) is 24.1 Å². The molecule has 2 aromatic carbocycles. The van der Waals surface area contributed by atoms with Crippen LogP contribution in [0.1, 0.15) is 26.3 Å². The fourth-order valence-corrected chi connectivity index (χ4v) is 3.05. The van der Waals surface area contributed by atoms with Crippen molar-refractivity contribution in [3.05, 3.63) is 57.5 Å². The van der Waals surface area contributed by atoms with Crippen molar-refractivity contribution in [1.82, 2.24) is 0 Å². The third-order valence-electron chi connectivity index (χ3n) is 3.16. The van der Waals surface area contributed by atoms with E-state index in [1.54, 1.807) is 0 Å². The average Bonchev–Trinajstić information content (AvgIpc) is 2.41. The van der Waals surface area contributed by atoms with Crippen LogP contribution in [0.15, 0.2) is 46.9 Å². The summed E-state index contributed by atoms with van der Waals surface area (Å²) in [6.45, 7) is 6.53. The van der Waals surface area contributed by atoms with Crippen LogP contribution in [0.3, 0.4) is 0 Å². The van der Waals surface area contributed by atoms with Crippen molar-refractivity contribution in [2.24, 2.45) is 0 Å². The summed E-state index contributed by atoms with van der Waals surface area (Å²) in [5, 5.41) is 7.52. The molecule has 2 N–H and O–H groups in total. The molecule has 0 spiro atoms. The van der Waals surface area contributed by atoms with E-state index in [2.05, 4.69) is 53.4 Å². The van der Waals surface area contributed by atoms with Crippen molar-refractivity contribution in [2.45, 2.75) is 26.2 Å². The maximum absolute atomic E-state index is 6.20. The molecule has 2 rings (SSSR count). The first-order valence-electron chi connectivity index (χ1n) is 6.90. The summed E-state index contributed by atoms with van der Waals surface area (Å²) in [5.74, 6) is 0. The molecule has 22 heavy (non-hydrogen) atoms. The molecule has 0 saturated carbocycles. The molecule has 2 nitrogen and oxygen atoms in total. The Labute approximate surface area is 150 Å². The van der Waals surface area contributed by atoms with Crippen molar-refractivity contribution in [2.75, 3.05) is 10.6 Å². The predicted molar refractivity (Wildman–Crippen MR) is 104 cm³/mol. The van der Waals surface area contributed by atoms with Gasteiger partial charge >= 0.3 is 0 Å². The summed E-state index contributed by atoms with van der Waals surface area (Å²) in [4.78, 5) is 0. The number of para-hydroxylation sites is 1. The maximum atomic E-state index is 6.20. The second kappa shape index (κ2) is 6.99. The number of hydrogen-bond acceptors (Lipinski definition) is 1. The van der Waals surface area contributed by atoms with Crippen molar-refractivity contribution >= 4 is 56.2 Å². The molecule has 116 valence electrons. The Morgan fingerprint density at radius 2 is 1.68 bits per heavy atom. The van der Waals surface area contributed by atoms with Crippen LogP contribution in [0.5, 0.6) is 0 Å². The van der Waals surface area contributed by atoms with Gasteiger partial charge in [-0.15, -0.1) is 0 Å². The van der Waals surface area contributed by atoms with Gasteiger partial charge in [0.1, 0.15) is 0 Å². The third-order valence-corrected chi connectivity index (χ3v) is 4.17. The van der Waals surface area contributed by atoms with Crippen molar-refractivity contribution < 1.29 is 0 Å². The number of nitrogens with one attached hydrogen (secondary N) is 2. The summed E-state index contributed by atoms with van der Waals surface area (Å²) < 4.78 is 0.931. The van der Waals surface area contributed by atoms with Gasteiger partial charge < -0.3 is 10.6 Å². The molecule has 2 aromatic rings. The van der Waals surface area contributed by atoms with Crippen molar-refractivity contribution in [3.8, 4) is 0 Å². The molecule has 0 fully saturated rings. The SMILES string of the molecule is CC(C)(C)c1ccccc1NC(=S)Nc1ccc(Br)cc1Cl. The van der Waals surface area contributed by atoms with Crippen LogP contribution < -0.4 is 10.6 Å². The molecule has 5 heteroatoms. The third kappa shape index (κ3) is 4.45. The summed E-state index contributed by atoms with van der Waals surface area (Å²) in [5.41, 5.74) is 3.02. The predicted octanol–water partition coefficient (Wildman–Crippen LogP) is 6.21. The Hall–Kier alpha value is -1.10. The fourth-order valence-electron chi connectivity index (χ4n) is 2.11. The van der Waals surface area contributed by atoms with Gasteiger partial charge in [0, 0.05) is 10.2 Å². The Balaban J connectivity index is 2.16. The lowest BCUT2D eigenvalue weighted by Crippen LogP contribution is -2.22. The zero-order chi connectivity index (χ0) is 16.3. The lowest BCUT2D eigenvalue weighted by atomic mass is 9.86. The van der Waals surface area contributed by atoms with Crippen LogP contribution in [-0.4, -0.2) is 5.11 Å². The first-order chi connectivity index (χ1) is 10.3. The molecule has 0 saturated heterocycles. The van der Waals surface area contributed by atoms with E-state index >= 15 is 0 Å². The zero-order valence-corrected chi connectivity index (χ0v) is 15.9. The molecule has 0 amide bonds. The van der Waals surface area contributed by atoms with Gasteiger partial charge in [0.05, 0.1) is 10.7 Å². The quantitative estimate of drug-likeness (QED) is 0.589. The normalized spacial score (nSPS) is 11.1. The van der Waals surface area contributed by atoms with E-state index in [1.807, 2.05) is 36.4 Å². The van der Waals surface area contributed by atoms with E-state index in [9.17, 15) is 0 Å². The summed E-state index contributed by atoms with van der Waals surface area (Å²) >= 11 is 15.0. The standard InChI is InChI=1S/C17H18BrClN2S/c1-17(2,3)12-6-4-5-7-14(12)20-16(22)21-15-9-8-11(18)10-13(15)19/h4-10H,1-3H3,(H2,20,21,22). The highest BCUT2D eigenvalue weighted by atomic mass is 79.9. The zero-order valence-electron chi connectivity index (χ0n) is 12.7. The Bertz CT molecular complexity index is 695. The van der Waals surface area contributed by atoms with Crippen molar-refractivity contribution in [1.29, 1.82) is 0 Å². The maximum Gasteiger partial charge on any atom is 0.175 e. The second-order valence-electron chi connectivity index (χ2n) is 6.00. The largest absolute Gasteiger partial charge is 0.332 e. The van der Waals surface area contributed by atoms with Gasteiger partial charge in [-0.3, -0.25) is 0 Å². The summed E-state index contributed by atoms with van der Waals surface area (Å²) in [6.07, 6.45) is 0. The number of halogens is 2. The lowest BCUT2D eigenvalue weighted by Gasteiger charge is -2.23. The Morgan fingerprint density at radius 3 is 2.32 bits per heavy atom. The van der Waals surface area contributed by atoms with Crippen LogP contribution in [0.4, 0.5) is 11.4 Å². The number of thiocarbonyl (C=S) groups is 1. The number of anilines is 2. The molecule has 0 atom stereocenters. The van der Waals surface area contributed by atoms with Crippen LogP contribution >= 0.6 is 39.7 Å². The molecule has 0 radical (unpaired) electrons. The molecule has 0 bridgehead atoms. The fraction of sp³-hybridized carbons (Fsp3) is 0.235. The van der Waals surface area contributed by atoms with Gasteiger partial charge in [-0.05, 0) is 47.5 Å². The minimum atomic E-state index is 0.0362. The van der Waals surface area contributed by atoms with Gasteiger partial charge in [-0.1, -0.05) is 66.5 Å².